The van der Waals surface area contributed by atoms with Crippen molar-refractivity contribution in [2.45, 2.75) is 97.8 Å². The molecule has 1 heterocycles. The molecule has 38 heavy (non-hydrogen) atoms. The van der Waals surface area contributed by atoms with E-state index < -0.39 is 83.3 Å². The maximum Gasteiger partial charge on any atom is 0.315 e. The van der Waals surface area contributed by atoms with Crippen molar-refractivity contribution < 1.29 is 32.8 Å². The lowest BCUT2D eigenvalue weighted by molar-refractivity contribution is -0.145. The minimum absolute atomic E-state index is 0.00396. The molecule has 3 fully saturated rings. The molecular weight excluding hydrogens is 500 g/mol. The third kappa shape index (κ3) is 6.09. The summed E-state index contributed by atoms with van der Waals surface area (Å²) < 4.78 is 27.1. The van der Waals surface area contributed by atoms with Crippen LogP contribution in [0.1, 0.15) is 68.2 Å². The molecule has 5 amide bonds. The summed E-state index contributed by atoms with van der Waals surface area (Å²) in [6.45, 7) is 15.0. The van der Waals surface area contributed by atoms with Crippen LogP contribution >= 0.6 is 0 Å². The van der Waals surface area contributed by atoms with E-state index in [1.807, 2.05) is 13.8 Å². The lowest BCUT2D eigenvalue weighted by Gasteiger charge is -2.38. The molecule has 0 radical (unpaired) electrons. The average molecular weight is 542 g/mol. The molecule has 0 aromatic heterocycles. The molecule has 0 bridgehead atoms. The number of nitrogens with one attached hydrogen (secondary N) is 3. The van der Waals surface area contributed by atoms with E-state index in [1.54, 1.807) is 41.5 Å². The molecule has 12 heteroatoms. The normalized spacial score (nSPS) is 28.4. The summed E-state index contributed by atoms with van der Waals surface area (Å²) in [6, 6.07) is -4.02. The molecule has 3 rings (SSSR count). The predicted octanol–water partition coefficient (Wildman–Crippen LogP) is 1.57. The Kier molecular flexibility index (Phi) is 7.40. The second kappa shape index (κ2) is 9.44. The van der Waals surface area contributed by atoms with Gasteiger partial charge in [-0.3, -0.25) is 19.2 Å². The Morgan fingerprint density at radius 2 is 1.58 bits per heavy atom. The fourth-order valence-electron chi connectivity index (χ4n) is 5.61. The van der Waals surface area contributed by atoms with E-state index >= 15 is 0 Å². The molecule has 0 spiro atoms. The maximum atomic E-state index is 13.8. The fourth-order valence-corrected chi connectivity index (χ4v) is 5.61. The van der Waals surface area contributed by atoms with Crippen molar-refractivity contribution in [1.82, 2.24) is 20.9 Å². The first-order valence-corrected chi connectivity index (χ1v) is 13.0. The Balaban J connectivity index is 1.84. The van der Waals surface area contributed by atoms with Gasteiger partial charge in [0.1, 0.15) is 12.1 Å². The zero-order chi connectivity index (χ0) is 29.2. The molecule has 4 unspecified atom stereocenters. The summed E-state index contributed by atoms with van der Waals surface area (Å²) in [5, 5.41) is 7.98. The highest BCUT2D eigenvalue weighted by molar-refractivity contribution is 6.37. The lowest BCUT2D eigenvalue weighted by Crippen LogP contribution is -2.62. The Bertz CT molecular complexity index is 1030. The van der Waals surface area contributed by atoms with E-state index in [9.17, 15) is 32.8 Å². The zero-order valence-corrected chi connectivity index (χ0v) is 23.4. The third-order valence-corrected chi connectivity index (χ3v) is 7.99. The van der Waals surface area contributed by atoms with Crippen LogP contribution in [0.4, 0.5) is 13.6 Å². The number of hydrogen-bond acceptors (Lipinski definition) is 5. The number of hydrogen-bond donors (Lipinski definition) is 4. The second-order valence-corrected chi connectivity index (χ2v) is 13.7. The second-order valence-electron chi connectivity index (χ2n) is 13.7. The van der Waals surface area contributed by atoms with Gasteiger partial charge >= 0.3 is 6.03 Å². The molecule has 10 nitrogen and oxygen atoms in total. The summed E-state index contributed by atoms with van der Waals surface area (Å²) in [5.41, 5.74) is 3.60. The molecule has 1 aliphatic heterocycles. The number of amides is 5. The van der Waals surface area contributed by atoms with Crippen molar-refractivity contribution in [2.75, 3.05) is 6.54 Å². The number of piperidine rings is 1. The SMILES string of the molecule is CC(C)(C)NC(=O)N[C@H](C(=O)N1CC2C([C@H]1C(=O)NC(CC1CC1(F)F)C(=O)C(N)=O)C2(C)C)C(C)(C)C. The number of rotatable bonds is 8. The van der Waals surface area contributed by atoms with Crippen LogP contribution < -0.4 is 21.7 Å². The quantitative estimate of drug-likeness (QED) is 0.344. The van der Waals surface area contributed by atoms with Crippen LogP contribution in [0.3, 0.4) is 0 Å². The minimum atomic E-state index is -2.96. The highest BCUT2D eigenvalue weighted by Gasteiger charge is 2.70. The Hall–Kier alpha value is -2.79. The summed E-state index contributed by atoms with van der Waals surface area (Å²) in [7, 11) is 0. The summed E-state index contributed by atoms with van der Waals surface area (Å²) in [6.07, 6.45) is -0.857. The van der Waals surface area contributed by atoms with Crippen molar-refractivity contribution in [3.05, 3.63) is 0 Å². The topological polar surface area (TPSA) is 151 Å². The highest BCUT2D eigenvalue weighted by atomic mass is 19.3. The molecule has 3 aliphatic rings. The standard InChI is InChI=1S/C26H41F2N5O5/c1-23(2,3)18(31-22(38)32-24(4,5)6)21(37)33-11-13-15(25(13,7)8)16(33)20(36)30-14(17(34)19(29)35)9-12-10-26(12,27)28/h12-16,18H,9-11H2,1-8H3,(H2,29,35)(H,30,36)(H2,31,32,38)/t12?,13?,14?,15?,16-,18+/m0/s1. The number of halogens is 2. The van der Waals surface area contributed by atoms with Crippen LogP contribution in [-0.4, -0.2) is 70.6 Å². The smallest absolute Gasteiger partial charge is 0.315 e. The van der Waals surface area contributed by atoms with Crippen molar-refractivity contribution in [3.63, 3.8) is 0 Å². The molecule has 0 aromatic rings. The number of nitrogens with two attached hydrogens (primary N) is 1. The van der Waals surface area contributed by atoms with Crippen LogP contribution in [-0.2, 0) is 19.2 Å². The largest absolute Gasteiger partial charge is 0.363 e. The van der Waals surface area contributed by atoms with Crippen molar-refractivity contribution >= 4 is 29.5 Å². The number of fused-ring (bicyclic) bond motifs is 1. The first-order valence-electron chi connectivity index (χ1n) is 13.0. The van der Waals surface area contributed by atoms with Gasteiger partial charge in [-0.25, -0.2) is 13.6 Å². The van der Waals surface area contributed by atoms with E-state index in [0.717, 1.165) is 0 Å². The highest BCUT2D eigenvalue weighted by Crippen LogP contribution is 2.65. The van der Waals surface area contributed by atoms with Crippen LogP contribution in [0, 0.1) is 28.6 Å². The van der Waals surface area contributed by atoms with Gasteiger partial charge in [0.15, 0.2) is 0 Å². The first kappa shape index (κ1) is 29.8. The number of nitrogens with zero attached hydrogens (tertiary/aromatic N) is 1. The Morgan fingerprint density at radius 1 is 1.03 bits per heavy atom. The van der Waals surface area contributed by atoms with Crippen LogP contribution in [0.25, 0.3) is 0 Å². The number of Topliss-reactive ketones (excluding diaryl/α,β-unsaturated/α-hetero) is 1. The predicted molar refractivity (Wildman–Crippen MR) is 135 cm³/mol. The first-order chi connectivity index (χ1) is 17.1. The van der Waals surface area contributed by atoms with Gasteiger partial charge in [0, 0.05) is 24.4 Å². The summed E-state index contributed by atoms with van der Waals surface area (Å²) >= 11 is 0. The van der Waals surface area contributed by atoms with Gasteiger partial charge in [-0.05, 0) is 49.9 Å². The molecule has 0 aromatic carbocycles. The Labute approximate surface area is 222 Å². The van der Waals surface area contributed by atoms with Gasteiger partial charge < -0.3 is 26.6 Å². The third-order valence-electron chi connectivity index (χ3n) is 7.99. The molecular formula is C26H41F2N5O5. The van der Waals surface area contributed by atoms with Crippen LogP contribution in [0.2, 0.25) is 0 Å². The van der Waals surface area contributed by atoms with Gasteiger partial charge in [0.05, 0.1) is 6.04 Å². The van der Waals surface area contributed by atoms with Gasteiger partial charge in [0.2, 0.25) is 17.6 Å². The number of alkyl halides is 2. The summed E-state index contributed by atoms with van der Waals surface area (Å²) in [5.74, 6) is -7.98. The van der Waals surface area contributed by atoms with Crippen molar-refractivity contribution in [2.24, 2.45) is 34.3 Å². The monoisotopic (exact) mass is 541 g/mol. The molecule has 1 saturated heterocycles. The molecule has 2 aliphatic carbocycles. The van der Waals surface area contributed by atoms with Crippen LogP contribution in [0.15, 0.2) is 0 Å². The number of urea groups is 1. The van der Waals surface area contributed by atoms with E-state index in [-0.39, 0.29) is 23.8 Å². The number of carbonyl (C=O) groups excluding carboxylic acids is 5. The van der Waals surface area contributed by atoms with Crippen LogP contribution in [0.5, 0.6) is 0 Å². The zero-order valence-electron chi connectivity index (χ0n) is 23.4. The van der Waals surface area contributed by atoms with E-state index in [0.29, 0.717) is 0 Å². The van der Waals surface area contributed by atoms with Gasteiger partial charge in [-0.2, -0.15) is 0 Å². The van der Waals surface area contributed by atoms with Crippen molar-refractivity contribution in [1.29, 1.82) is 0 Å². The minimum Gasteiger partial charge on any atom is -0.363 e. The summed E-state index contributed by atoms with van der Waals surface area (Å²) in [4.78, 5) is 65.5. The van der Waals surface area contributed by atoms with E-state index in [2.05, 4.69) is 16.0 Å². The number of ketones is 1. The molecule has 5 N–H and O–H groups in total. The fraction of sp³-hybridized carbons (Fsp3) is 0.808. The number of carbonyl (C=O) groups is 5. The Morgan fingerprint density at radius 3 is 2.03 bits per heavy atom. The maximum absolute atomic E-state index is 13.8. The molecule has 6 atom stereocenters. The van der Waals surface area contributed by atoms with Crippen molar-refractivity contribution in [3.8, 4) is 0 Å². The molecule has 214 valence electrons. The van der Waals surface area contributed by atoms with Gasteiger partial charge in [0.25, 0.3) is 11.8 Å². The van der Waals surface area contributed by atoms with Gasteiger partial charge in [-0.1, -0.05) is 34.6 Å². The van der Waals surface area contributed by atoms with E-state index in [1.165, 1.54) is 4.90 Å². The average Bonchev–Trinajstić information content (AvgIpc) is 3.39. The molecule has 2 saturated carbocycles. The lowest BCUT2D eigenvalue weighted by atomic mass is 9.85. The number of likely N-dealkylation sites (tertiary alicyclic amines) is 1. The van der Waals surface area contributed by atoms with Gasteiger partial charge in [-0.15, -0.1) is 0 Å². The number of primary amides is 1. The van der Waals surface area contributed by atoms with E-state index in [4.69, 9.17) is 5.73 Å².